The fourth-order valence-electron chi connectivity index (χ4n) is 2.87. The Bertz CT molecular complexity index is 839. The number of rotatable bonds is 10. The lowest BCUT2D eigenvalue weighted by Gasteiger charge is -2.29. The van der Waals surface area contributed by atoms with Gasteiger partial charge in [0.1, 0.15) is 6.04 Å². The topological polar surface area (TPSA) is 49.4 Å². The van der Waals surface area contributed by atoms with Gasteiger partial charge in [-0.1, -0.05) is 73.5 Å². The number of nitrogens with one attached hydrogen (secondary N) is 1. The second kappa shape index (κ2) is 12.0. The molecule has 2 amide bonds. The molecule has 0 aliphatic carbocycles. The van der Waals surface area contributed by atoms with E-state index < -0.39 is 6.04 Å². The van der Waals surface area contributed by atoms with E-state index in [2.05, 4.69) is 5.32 Å². The molecule has 162 valence electrons. The molecule has 0 aromatic heterocycles. The molecule has 0 aliphatic heterocycles. The largest absolute Gasteiger partial charge is 0.354 e. The number of benzene rings is 2. The van der Waals surface area contributed by atoms with E-state index in [4.69, 9.17) is 11.6 Å². The summed E-state index contributed by atoms with van der Waals surface area (Å²) < 4.78 is 0. The molecule has 2 aromatic carbocycles. The van der Waals surface area contributed by atoms with Gasteiger partial charge in [-0.15, -0.1) is 11.8 Å². The summed E-state index contributed by atoms with van der Waals surface area (Å²) in [6.45, 7) is 8.91. The summed E-state index contributed by atoms with van der Waals surface area (Å²) in [7, 11) is 0. The molecule has 2 rings (SSSR count). The molecule has 0 spiro atoms. The number of aryl methyl sites for hydroxylation is 1. The van der Waals surface area contributed by atoms with Gasteiger partial charge in [0.05, 0.1) is 5.75 Å². The lowest BCUT2D eigenvalue weighted by Crippen LogP contribution is -2.48. The standard InChI is InChI=1S/C24H31ClN2O2S/c1-17(2)13-26-24(29)19(4)27(14-20-11-9-18(3)10-12-20)23(28)16-30-15-21-7-5-6-8-22(21)25/h5-12,17,19H,13-16H2,1-4H3,(H,26,29)/t19-/m0/s1. The van der Waals surface area contributed by atoms with E-state index in [-0.39, 0.29) is 11.8 Å². The van der Waals surface area contributed by atoms with Crippen LogP contribution in [0.25, 0.3) is 0 Å². The SMILES string of the molecule is Cc1ccc(CN(C(=O)CSCc2ccccc2Cl)[C@@H](C)C(=O)NCC(C)C)cc1. The Hall–Kier alpha value is -1.98. The van der Waals surface area contributed by atoms with E-state index in [1.165, 1.54) is 11.8 Å². The fraction of sp³-hybridized carbons (Fsp3) is 0.417. The van der Waals surface area contributed by atoms with Crippen LogP contribution in [0.4, 0.5) is 0 Å². The van der Waals surface area contributed by atoms with Crippen molar-refractivity contribution in [2.75, 3.05) is 12.3 Å². The molecule has 0 saturated carbocycles. The average Bonchev–Trinajstić information content (AvgIpc) is 2.72. The minimum Gasteiger partial charge on any atom is -0.354 e. The minimum atomic E-state index is -0.543. The zero-order valence-corrected chi connectivity index (χ0v) is 19.7. The van der Waals surface area contributed by atoms with Crippen LogP contribution >= 0.6 is 23.4 Å². The Balaban J connectivity index is 2.06. The van der Waals surface area contributed by atoms with Crippen molar-refractivity contribution >= 4 is 35.2 Å². The van der Waals surface area contributed by atoms with Crippen LogP contribution in [0.1, 0.15) is 37.5 Å². The van der Waals surface area contributed by atoms with Gasteiger partial charge in [0.2, 0.25) is 11.8 Å². The highest BCUT2D eigenvalue weighted by molar-refractivity contribution is 7.99. The van der Waals surface area contributed by atoms with Gasteiger partial charge in [-0.2, -0.15) is 0 Å². The fourth-order valence-corrected chi connectivity index (χ4v) is 4.07. The number of hydrogen-bond donors (Lipinski definition) is 1. The van der Waals surface area contributed by atoms with Crippen LogP contribution in [0.5, 0.6) is 0 Å². The second-order valence-corrected chi connectivity index (χ2v) is 9.30. The van der Waals surface area contributed by atoms with Gasteiger partial charge in [-0.25, -0.2) is 0 Å². The zero-order chi connectivity index (χ0) is 22.1. The number of carbonyl (C=O) groups is 2. The van der Waals surface area contributed by atoms with Crippen LogP contribution in [-0.4, -0.2) is 35.1 Å². The molecule has 0 saturated heterocycles. The van der Waals surface area contributed by atoms with Crippen molar-refractivity contribution in [3.8, 4) is 0 Å². The molecular formula is C24H31ClN2O2S. The number of carbonyl (C=O) groups excluding carboxylic acids is 2. The third-order valence-electron chi connectivity index (χ3n) is 4.77. The van der Waals surface area contributed by atoms with Gasteiger partial charge in [0.15, 0.2) is 0 Å². The molecule has 4 nitrogen and oxygen atoms in total. The van der Waals surface area contributed by atoms with Crippen LogP contribution in [0.2, 0.25) is 5.02 Å². The van der Waals surface area contributed by atoms with Crippen molar-refractivity contribution in [3.63, 3.8) is 0 Å². The highest BCUT2D eigenvalue weighted by Gasteiger charge is 2.26. The molecule has 0 heterocycles. The molecule has 1 N–H and O–H groups in total. The van der Waals surface area contributed by atoms with Gasteiger partial charge >= 0.3 is 0 Å². The van der Waals surface area contributed by atoms with Crippen molar-refractivity contribution in [3.05, 3.63) is 70.2 Å². The predicted molar refractivity (Wildman–Crippen MR) is 127 cm³/mol. The maximum atomic E-state index is 13.1. The summed E-state index contributed by atoms with van der Waals surface area (Å²) in [6.07, 6.45) is 0. The van der Waals surface area contributed by atoms with E-state index >= 15 is 0 Å². The number of amides is 2. The average molecular weight is 447 g/mol. The van der Waals surface area contributed by atoms with Gasteiger partial charge in [-0.3, -0.25) is 9.59 Å². The predicted octanol–water partition coefficient (Wildman–Crippen LogP) is 5.07. The van der Waals surface area contributed by atoms with Gasteiger partial charge in [0.25, 0.3) is 0 Å². The van der Waals surface area contributed by atoms with Gasteiger partial charge in [0, 0.05) is 23.9 Å². The van der Waals surface area contributed by atoms with Crippen LogP contribution in [0, 0.1) is 12.8 Å². The Morgan fingerprint density at radius 2 is 1.73 bits per heavy atom. The molecule has 30 heavy (non-hydrogen) atoms. The molecule has 0 radical (unpaired) electrons. The Kier molecular flexibility index (Phi) is 9.73. The van der Waals surface area contributed by atoms with Crippen molar-refractivity contribution < 1.29 is 9.59 Å². The zero-order valence-electron chi connectivity index (χ0n) is 18.2. The van der Waals surface area contributed by atoms with E-state index in [0.717, 1.165) is 16.7 Å². The first-order valence-electron chi connectivity index (χ1n) is 10.2. The summed E-state index contributed by atoms with van der Waals surface area (Å²) in [5.74, 6) is 1.12. The Morgan fingerprint density at radius 1 is 1.07 bits per heavy atom. The number of halogens is 1. The molecule has 2 aromatic rings. The molecular weight excluding hydrogens is 416 g/mol. The lowest BCUT2D eigenvalue weighted by molar-refractivity contribution is -0.138. The van der Waals surface area contributed by atoms with E-state index in [0.29, 0.717) is 35.5 Å². The number of hydrogen-bond acceptors (Lipinski definition) is 3. The summed E-state index contributed by atoms with van der Waals surface area (Å²) >= 11 is 7.72. The first kappa shape index (κ1) is 24.3. The third-order valence-corrected chi connectivity index (χ3v) is 6.10. The van der Waals surface area contributed by atoms with Crippen molar-refractivity contribution in [1.29, 1.82) is 0 Å². The summed E-state index contributed by atoms with van der Waals surface area (Å²) in [5.41, 5.74) is 3.17. The van der Waals surface area contributed by atoms with Gasteiger partial charge < -0.3 is 10.2 Å². The highest BCUT2D eigenvalue weighted by atomic mass is 35.5. The Morgan fingerprint density at radius 3 is 2.37 bits per heavy atom. The van der Waals surface area contributed by atoms with Crippen LogP contribution < -0.4 is 5.32 Å². The number of nitrogens with zero attached hydrogens (tertiary/aromatic N) is 1. The van der Waals surface area contributed by atoms with Crippen LogP contribution in [0.3, 0.4) is 0 Å². The third kappa shape index (κ3) is 7.69. The molecule has 0 fully saturated rings. The maximum absolute atomic E-state index is 13.1. The maximum Gasteiger partial charge on any atom is 0.242 e. The van der Waals surface area contributed by atoms with Gasteiger partial charge in [-0.05, 0) is 37.0 Å². The van der Waals surface area contributed by atoms with Crippen molar-refractivity contribution in [2.24, 2.45) is 5.92 Å². The second-order valence-electron chi connectivity index (χ2n) is 7.91. The van der Waals surface area contributed by atoms with E-state index in [9.17, 15) is 9.59 Å². The number of thioether (sulfide) groups is 1. The molecule has 0 unspecified atom stereocenters. The normalized spacial score (nSPS) is 11.9. The minimum absolute atomic E-state index is 0.0557. The van der Waals surface area contributed by atoms with Crippen LogP contribution in [-0.2, 0) is 21.9 Å². The first-order valence-corrected chi connectivity index (χ1v) is 11.7. The highest BCUT2D eigenvalue weighted by Crippen LogP contribution is 2.21. The summed E-state index contributed by atoms with van der Waals surface area (Å²) in [5, 5.41) is 3.65. The summed E-state index contributed by atoms with van der Waals surface area (Å²) in [4.78, 5) is 27.4. The first-order chi connectivity index (χ1) is 14.3. The Labute approximate surface area is 189 Å². The molecule has 0 bridgehead atoms. The van der Waals surface area contributed by atoms with Crippen molar-refractivity contribution in [2.45, 2.75) is 46.0 Å². The lowest BCUT2D eigenvalue weighted by atomic mass is 10.1. The summed E-state index contributed by atoms with van der Waals surface area (Å²) in [6, 6.07) is 15.2. The quantitative estimate of drug-likeness (QED) is 0.554. The van der Waals surface area contributed by atoms with Crippen LogP contribution in [0.15, 0.2) is 48.5 Å². The monoisotopic (exact) mass is 446 g/mol. The van der Waals surface area contributed by atoms with E-state index in [1.54, 1.807) is 11.8 Å². The molecule has 0 aliphatic rings. The molecule has 6 heteroatoms. The van der Waals surface area contributed by atoms with E-state index in [1.807, 2.05) is 69.3 Å². The molecule has 1 atom stereocenters. The smallest absolute Gasteiger partial charge is 0.242 e. The van der Waals surface area contributed by atoms with Crippen molar-refractivity contribution in [1.82, 2.24) is 10.2 Å².